The number of hydrogen-bond donors (Lipinski definition) is 2. The van der Waals surface area contributed by atoms with Gasteiger partial charge in [0, 0.05) is 17.8 Å². The summed E-state index contributed by atoms with van der Waals surface area (Å²) in [5, 5.41) is 5.75. The van der Waals surface area contributed by atoms with E-state index in [0.717, 1.165) is 19.3 Å². The van der Waals surface area contributed by atoms with E-state index in [4.69, 9.17) is 0 Å². The molecule has 4 heteroatoms. The fourth-order valence-corrected chi connectivity index (χ4v) is 2.41. The summed E-state index contributed by atoms with van der Waals surface area (Å²) in [6.45, 7) is 2.68. The number of rotatable bonds is 5. The lowest BCUT2D eigenvalue weighted by atomic mass is 10.1. The summed E-state index contributed by atoms with van der Waals surface area (Å²) in [6, 6.07) is 7.12. The van der Waals surface area contributed by atoms with Crippen LogP contribution in [0.1, 0.15) is 36.5 Å². The lowest BCUT2D eigenvalue weighted by molar-refractivity contribution is -0.119. The normalized spacial score (nSPS) is 26.3. The summed E-state index contributed by atoms with van der Waals surface area (Å²) >= 11 is 0. The Balaban J connectivity index is 1.65. The highest BCUT2D eigenvalue weighted by Gasteiger charge is 2.74. The predicted molar refractivity (Wildman–Crippen MR) is 72.9 cm³/mol. The number of anilines is 1. The second kappa shape index (κ2) is 4.37. The number of fused-ring (bicyclic) bond motifs is 1. The first kappa shape index (κ1) is 12.2. The molecular weight excluding hydrogens is 240 g/mol. The van der Waals surface area contributed by atoms with Crippen LogP contribution in [0.4, 0.5) is 5.69 Å². The van der Waals surface area contributed by atoms with Crippen molar-refractivity contribution in [2.45, 2.75) is 26.2 Å². The summed E-state index contributed by atoms with van der Waals surface area (Å²) < 4.78 is 0. The molecule has 1 aromatic carbocycles. The summed E-state index contributed by atoms with van der Waals surface area (Å²) in [6.07, 6.45) is 2.98. The van der Waals surface area contributed by atoms with Crippen molar-refractivity contribution in [3.05, 3.63) is 29.8 Å². The zero-order chi connectivity index (χ0) is 13.5. The van der Waals surface area contributed by atoms with E-state index in [-0.39, 0.29) is 17.2 Å². The van der Waals surface area contributed by atoms with Gasteiger partial charge < -0.3 is 10.6 Å². The molecule has 0 atom stereocenters. The van der Waals surface area contributed by atoms with Gasteiger partial charge in [0.15, 0.2) is 0 Å². The van der Waals surface area contributed by atoms with Crippen molar-refractivity contribution in [3.8, 4) is 0 Å². The predicted octanol–water partition coefficient (Wildman–Crippen LogP) is 2.17. The molecule has 2 amide bonds. The van der Waals surface area contributed by atoms with E-state index in [1.54, 1.807) is 18.2 Å². The molecule has 2 saturated carbocycles. The van der Waals surface area contributed by atoms with Crippen LogP contribution in [0, 0.1) is 11.3 Å². The Morgan fingerprint density at radius 2 is 2.11 bits per heavy atom. The summed E-state index contributed by atoms with van der Waals surface area (Å²) in [5.74, 6) is 0.652. The van der Waals surface area contributed by atoms with Crippen LogP contribution in [0.25, 0.3) is 0 Å². The van der Waals surface area contributed by atoms with Gasteiger partial charge in [0.1, 0.15) is 0 Å². The average molecular weight is 258 g/mol. The number of carbonyl (C=O) groups is 2. The van der Waals surface area contributed by atoms with Gasteiger partial charge in [-0.3, -0.25) is 9.59 Å². The van der Waals surface area contributed by atoms with Gasteiger partial charge in [-0.25, -0.2) is 0 Å². The maximum absolute atomic E-state index is 12.0. The van der Waals surface area contributed by atoms with E-state index in [0.29, 0.717) is 23.7 Å². The van der Waals surface area contributed by atoms with E-state index in [1.165, 1.54) is 0 Å². The molecule has 2 aliphatic rings. The fraction of sp³-hybridized carbons (Fsp3) is 0.467. The third-order valence-electron chi connectivity index (χ3n) is 4.05. The quantitative estimate of drug-likeness (QED) is 0.850. The Morgan fingerprint density at radius 1 is 1.37 bits per heavy atom. The van der Waals surface area contributed by atoms with Crippen LogP contribution in [-0.2, 0) is 4.79 Å². The second-order valence-electron chi connectivity index (χ2n) is 5.55. The van der Waals surface area contributed by atoms with Crippen molar-refractivity contribution < 1.29 is 9.59 Å². The van der Waals surface area contributed by atoms with Crippen LogP contribution in [0.2, 0.25) is 0 Å². The van der Waals surface area contributed by atoms with Crippen molar-refractivity contribution >= 4 is 17.5 Å². The van der Waals surface area contributed by atoms with Gasteiger partial charge in [-0.15, -0.1) is 0 Å². The van der Waals surface area contributed by atoms with Crippen LogP contribution >= 0.6 is 0 Å². The molecule has 0 unspecified atom stereocenters. The van der Waals surface area contributed by atoms with Gasteiger partial charge >= 0.3 is 0 Å². The minimum Gasteiger partial charge on any atom is -0.352 e. The van der Waals surface area contributed by atoms with Gasteiger partial charge in [-0.05, 0) is 43.4 Å². The van der Waals surface area contributed by atoms with Crippen molar-refractivity contribution in [2.75, 3.05) is 11.9 Å². The smallest absolute Gasteiger partial charge is 0.251 e. The molecule has 4 nitrogen and oxygen atoms in total. The number of carbonyl (C=O) groups excluding carboxylic acids is 2. The zero-order valence-electron chi connectivity index (χ0n) is 11.0. The van der Waals surface area contributed by atoms with Gasteiger partial charge in [0.05, 0.1) is 5.41 Å². The molecule has 2 aliphatic carbocycles. The number of benzene rings is 1. The van der Waals surface area contributed by atoms with Crippen molar-refractivity contribution in [1.29, 1.82) is 0 Å². The minimum atomic E-state index is -0.0909. The first-order valence-electron chi connectivity index (χ1n) is 6.85. The third kappa shape index (κ3) is 2.23. The largest absolute Gasteiger partial charge is 0.352 e. The SMILES string of the molecule is CCCNC(=O)c1cccc(NC(=O)C23CC2C3)c1. The Labute approximate surface area is 112 Å². The van der Waals surface area contributed by atoms with Crippen LogP contribution in [0.5, 0.6) is 0 Å². The minimum absolute atomic E-state index is 0.0412. The molecule has 3 rings (SSSR count). The number of amides is 2. The van der Waals surface area contributed by atoms with Gasteiger partial charge in [-0.1, -0.05) is 13.0 Å². The van der Waals surface area contributed by atoms with E-state index in [1.807, 2.05) is 13.0 Å². The Bertz CT molecular complexity index is 533. The average Bonchev–Trinajstić information content (AvgIpc) is 3.25. The molecule has 100 valence electrons. The molecule has 0 aliphatic heterocycles. The summed E-state index contributed by atoms with van der Waals surface area (Å²) in [7, 11) is 0. The van der Waals surface area contributed by atoms with Crippen molar-refractivity contribution in [2.24, 2.45) is 11.3 Å². The zero-order valence-corrected chi connectivity index (χ0v) is 11.0. The molecule has 1 aromatic rings. The molecule has 2 fully saturated rings. The lowest BCUT2D eigenvalue weighted by Gasteiger charge is -2.09. The topological polar surface area (TPSA) is 58.2 Å². The molecule has 0 spiro atoms. The maximum atomic E-state index is 12.0. The summed E-state index contributed by atoms with van der Waals surface area (Å²) in [5.41, 5.74) is 1.26. The van der Waals surface area contributed by atoms with E-state index in [9.17, 15) is 9.59 Å². The maximum Gasteiger partial charge on any atom is 0.251 e. The first-order valence-corrected chi connectivity index (χ1v) is 6.85. The van der Waals surface area contributed by atoms with Gasteiger partial charge in [0.25, 0.3) is 5.91 Å². The van der Waals surface area contributed by atoms with Crippen LogP contribution in [-0.4, -0.2) is 18.4 Å². The highest BCUT2D eigenvalue weighted by Crippen LogP contribution is 2.75. The van der Waals surface area contributed by atoms with E-state index >= 15 is 0 Å². The van der Waals surface area contributed by atoms with E-state index in [2.05, 4.69) is 10.6 Å². The molecule has 2 N–H and O–H groups in total. The van der Waals surface area contributed by atoms with Crippen LogP contribution in [0.3, 0.4) is 0 Å². The number of nitrogens with one attached hydrogen (secondary N) is 2. The molecule has 19 heavy (non-hydrogen) atoms. The Hall–Kier alpha value is -1.84. The van der Waals surface area contributed by atoms with Crippen LogP contribution in [0.15, 0.2) is 24.3 Å². The molecule has 0 bridgehead atoms. The third-order valence-corrected chi connectivity index (χ3v) is 4.05. The van der Waals surface area contributed by atoms with Gasteiger partial charge in [0.2, 0.25) is 5.91 Å². The molecule has 0 heterocycles. The molecule has 0 aromatic heterocycles. The highest BCUT2D eigenvalue weighted by atomic mass is 16.2. The number of hydrogen-bond acceptors (Lipinski definition) is 2. The monoisotopic (exact) mass is 258 g/mol. The summed E-state index contributed by atoms with van der Waals surface area (Å²) in [4.78, 5) is 23.8. The Morgan fingerprint density at radius 3 is 2.74 bits per heavy atom. The lowest BCUT2D eigenvalue weighted by Crippen LogP contribution is -2.24. The molecule has 0 saturated heterocycles. The van der Waals surface area contributed by atoms with Crippen LogP contribution < -0.4 is 10.6 Å². The standard InChI is InChI=1S/C15H18N2O2/c1-2-6-16-13(18)10-4-3-5-12(7-10)17-14(19)15-8-11(15)9-15/h3-5,7,11H,2,6,8-9H2,1H3,(H,16,18)(H,17,19). The van der Waals surface area contributed by atoms with Gasteiger partial charge in [-0.2, -0.15) is 0 Å². The van der Waals surface area contributed by atoms with Crippen molar-refractivity contribution in [3.63, 3.8) is 0 Å². The Kier molecular flexibility index (Phi) is 2.81. The highest BCUT2D eigenvalue weighted by molar-refractivity contribution is 6.01. The fourth-order valence-electron chi connectivity index (χ4n) is 2.41. The second-order valence-corrected chi connectivity index (χ2v) is 5.55. The van der Waals surface area contributed by atoms with E-state index < -0.39 is 0 Å². The first-order chi connectivity index (χ1) is 9.15. The molecular formula is C15H18N2O2. The molecule has 0 radical (unpaired) electrons. The van der Waals surface area contributed by atoms with Crippen molar-refractivity contribution in [1.82, 2.24) is 5.32 Å².